The highest BCUT2D eigenvalue weighted by atomic mass is 16.5. The van der Waals surface area contributed by atoms with Gasteiger partial charge in [0.2, 0.25) is 0 Å². The summed E-state index contributed by atoms with van der Waals surface area (Å²) in [5.74, 6) is -0.339. The summed E-state index contributed by atoms with van der Waals surface area (Å²) in [4.78, 5) is 11.6. The fraction of sp³-hybridized carbons (Fsp3) is 0.125. The van der Waals surface area contributed by atoms with Crippen molar-refractivity contribution in [3.63, 3.8) is 0 Å². The third-order valence-corrected chi connectivity index (χ3v) is 2.90. The van der Waals surface area contributed by atoms with Crippen molar-refractivity contribution < 1.29 is 9.53 Å². The number of nitrogens with two attached hydrogens (primary N) is 1. The summed E-state index contributed by atoms with van der Waals surface area (Å²) in [6, 6.07) is 14.4. The lowest BCUT2D eigenvalue weighted by Crippen LogP contribution is -2.04. The van der Waals surface area contributed by atoms with Gasteiger partial charge in [0.05, 0.1) is 17.7 Å². The van der Waals surface area contributed by atoms with Crippen LogP contribution in [-0.2, 0) is 4.74 Å². The van der Waals surface area contributed by atoms with E-state index in [-0.39, 0.29) is 5.97 Å². The zero-order valence-corrected chi connectivity index (χ0v) is 11.1. The van der Waals surface area contributed by atoms with Crippen molar-refractivity contribution >= 4 is 11.7 Å². The third-order valence-electron chi connectivity index (χ3n) is 2.90. The smallest absolute Gasteiger partial charge is 0.338 e. The van der Waals surface area contributed by atoms with Crippen molar-refractivity contribution in [3.8, 4) is 17.2 Å². The first-order chi connectivity index (χ1) is 9.65. The molecule has 4 heteroatoms. The first-order valence-electron chi connectivity index (χ1n) is 6.23. The Morgan fingerprint density at radius 3 is 2.45 bits per heavy atom. The number of nitriles is 1. The first-order valence-corrected chi connectivity index (χ1v) is 6.23. The van der Waals surface area contributed by atoms with Crippen molar-refractivity contribution in [1.82, 2.24) is 0 Å². The quantitative estimate of drug-likeness (QED) is 0.684. The van der Waals surface area contributed by atoms with E-state index < -0.39 is 0 Å². The maximum atomic E-state index is 11.6. The van der Waals surface area contributed by atoms with Gasteiger partial charge in [-0.2, -0.15) is 5.26 Å². The van der Waals surface area contributed by atoms with Gasteiger partial charge in [-0.3, -0.25) is 0 Å². The van der Waals surface area contributed by atoms with E-state index in [0.717, 1.165) is 11.1 Å². The number of hydrogen-bond acceptors (Lipinski definition) is 4. The number of carbonyl (C=O) groups excluding carboxylic acids is 1. The largest absolute Gasteiger partial charge is 0.462 e. The van der Waals surface area contributed by atoms with E-state index in [1.165, 1.54) is 0 Å². The Balaban J connectivity index is 2.31. The molecule has 4 nitrogen and oxygen atoms in total. The lowest BCUT2D eigenvalue weighted by Gasteiger charge is -2.06. The summed E-state index contributed by atoms with van der Waals surface area (Å²) in [5, 5.41) is 8.97. The van der Waals surface area contributed by atoms with Gasteiger partial charge in [-0.05, 0) is 42.3 Å². The number of ether oxygens (including phenoxy) is 1. The van der Waals surface area contributed by atoms with E-state index in [4.69, 9.17) is 15.7 Å². The van der Waals surface area contributed by atoms with Gasteiger partial charge in [0.25, 0.3) is 0 Å². The molecule has 100 valence electrons. The van der Waals surface area contributed by atoms with Crippen molar-refractivity contribution in [2.45, 2.75) is 6.92 Å². The number of esters is 1. The number of anilines is 1. The maximum Gasteiger partial charge on any atom is 0.338 e. The Bertz CT molecular complexity index is 670. The monoisotopic (exact) mass is 266 g/mol. The average molecular weight is 266 g/mol. The minimum atomic E-state index is -0.339. The minimum Gasteiger partial charge on any atom is -0.462 e. The number of nitrogen functional groups attached to an aromatic ring is 1. The number of hydrogen-bond donors (Lipinski definition) is 1. The van der Waals surface area contributed by atoms with Gasteiger partial charge in [0.15, 0.2) is 0 Å². The third kappa shape index (κ3) is 2.78. The molecule has 0 aliphatic heterocycles. The van der Waals surface area contributed by atoms with Crippen LogP contribution in [0.5, 0.6) is 0 Å². The summed E-state index contributed by atoms with van der Waals surface area (Å²) >= 11 is 0. The Hall–Kier alpha value is -2.80. The van der Waals surface area contributed by atoms with Crippen LogP contribution >= 0.6 is 0 Å². The molecule has 0 atom stereocenters. The molecule has 0 aromatic heterocycles. The number of rotatable bonds is 3. The van der Waals surface area contributed by atoms with Crippen molar-refractivity contribution in [3.05, 3.63) is 53.6 Å². The van der Waals surface area contributed by atoms with Gasteiger partial charge in [-0.15, -0.1) is 0 Å². The summed E-state index contributed by atoms with van der Waals surface area (Å²) in [6.07, 6.45) is 0. The van der Waals surface area contributed by atoms with Crippen LogP contribution in [0.1, 0.15) is 22.8 Å². The van der Waals surface area contributed by atoms with Crippen LogP contribution in [0.3, 0.4) is 0 Å². The second-order valence-electron chi connectivity index (χ2n) is 4.21. The van der Waals surface area contributed by atoms with Gasteiger partial charge in [0, 0.05) is 5.69 Å². The predicted molar refractivity (Wildman–Crippen MR) is 77.0 cm³/mol. The molecule has 0 aliphatic carbocycles. The van der Waals surface area contributed by atoms with E-state index >= 15 is 0 Å². The minimum absolute atomic E-state index is 0.339. The van der Waals surface area contributed by atoms with Crippen LogP contribution in [-0.4, -0.2) is 12.6 Å². The Labute approximate surface area is 117 Å². The number of nitrogens with zero attached hydrogens (tertiary/aromatic N) is 1. The average Bonchev–Trinajstić information content (AvgIpc) is 2.48. The normalized spacial score (nSPS) is 9.80. The predicted octanol–water partition coefficient (Wildman–Crippen LogP) is 2.98. The van der Waals surface area contributed by atoms with Gasteiger partial charge >= 0.3 is 5.97 Å². The van der Waals surface area contributed by atoms with E-state index in [2.05, 4.69) is 6.07 Å². The lowest BCUT2D eigenvalue weighted by molar-refractivity contribution is 0.0526. The van der Waals surface area contributed by atoms with Gasteiger partial charge in [-0.25, -0.2) is 4.79 Å². The number of carbonyl (C=O) groups is 1. The molecule has 2 rings (SSSR count). The fourth-order valence-corrected chi connectivity index (χ4v) is 1.85. The molecule has 2 aromatic carbocycles. The Morgan fingerprint density at radius 2 is 1.85 bits per heavy atom. The molecular formula is C16H14N2O2. The van der Waals surface area contributed by atoms with Crippen LogP contribution in [0.15, 0.2) is 42.5 Å². The molecule has 0 saturated carbocycles. The molecule has 0 saturated heterocycles. The standard InChI is InChI=1S/C16H14N2O2/c1-2-20-16(19)12-5-3-11(4-6-12)13-7-8-15(18)14(9-13)10-17/h3-9H,2,18H2,1H3. The van der Waals surface area contributed by atoms with Crippen LogP contribution < -0.4 is 5.73 Å². The molecule has 2 N–H and O–H groups in total. The summed E-state index contributed by atoms with van der Waals surface area (Å²) in [6.45, 7) is 2.12. The molecule has 0 aliphatic rings. The maximum absolute atomic E-state index is 11.6. The van der Waals surface area contributed by atoms with Crippen molar-refractivity contribution in [1.29, 1.82) is 5.26 Å². The van der Waals surface area contributed by atoms with E-state index in [1.54, 1.807) is 31.2 Å². The molecule has 2 aromatic rings. The fourth-order valence-electron chi connectivity index (χ4n) is 1.85. The summed E-state index contributed by atoms with van der Waals surface area (Å²) in [5.41, 5.74) is 8.89. The molecule has 0 spiro atoms. The molecule has 0 fully saturated rings. The molecule has 0 heterocycles. The van der Waals surface area contributed by atoms with E-state index in [1.807, 2.05) is 18.2 Å². The molecule has 0 bridgehead atoms. The first kappa shape index (κ1) is 13.6. The van der Waals surface area contributed by atoms with Crippen LogP contribution in [0.2, 0.25) is 0 Å². The number of benzene rings is 2. The zero-order valence-electron chi connectivity index (χ0n) is 11.1. The highest BCUT2D eigenvalue weighted by Crippen LogP contribution is 2.24. The van der Waals surface area contributed by atoms with Crippen LogP contribution in [0, 0.1) is 11.3 Å². The van der Waals surface area contributed by atoms with Crippen molar-refractivity contribution in [2.75, 3.05) is 12.3 Å². The van der Waals surface area contributed by atoms with E-state index in [0.29, 0.717) is 23.4 Å². The second kappa shape index (κ2) is 5.89. The van der Waals surface area contributed by atoms with Gasteiger partial charge in [-0.1, -0.05) is 18.2 Å². The zero-order chi connectivity index (χ0) is 14.5. The molecule has 0 radical (unpaired) electrons. The van der Waals surface area contributed by atoms with Gasteiger partial charge < -0.3 is 10.5 Å². The van der Waals surface area contributed by atoms with E-state index in [9.17, 15) is 4.79 Å². The molecule has 20 heavy (non-hydrogen) atoms. The van der Waals surface area contributed by atoms with Gasteiger partial charge in [0.1, 0.15) is 6.07 Å². The Kier molecular flexibility index (Phi) is 4.02. The lowest BCUT2D eigenvalue weighted by atomic mass is 10.0. The van der Waals surface area contributed by atoms with Crippen LogP contribution in [0.25, 0.3) is 11.1 Å². The molecular weight excluding hydrogens is 252 g/mol. The summed E-state index contributed by atoms with van der Waals surface area (Å²) in [7, 11) is 0. The SMILES string of the molecule is CCOC(=O)c1ccc(-c2ccc(N)c(C#N)c2)cc1. The highest BCUT2D eigenvalue weighted by Gasteiger charge is 2.07. The van der Waals surface area contributed by atoms with Crippen molar-refractivity contribution in [2.24, 2.45) is 0 Å². The topological polar surface area (TPSA) is 76.1 Å². The molecule has 0 amide bonds. The molecule has 0 unspecified atom stereocenters. The summed E-state index contributed by atoms with van der Waals surface area (Å²) < 4.78 is 4.93. The van der Waals surface area contributed by atoms with Crippen LogP contribution in [0.4, 0.5) is 5.69 Å². The highest BCUT2D eigenvalue weighted by molar-refractivity contribution is 5.90. The second-order valence-corrected chi connectivity index (χ2v) is 4.21. The Morgan fingerprint density at radius 1 is 1.20 bits per heavy atom.